The van der Waals surface area contributed by atoms with Gasteiger partial charge >= 0.3 is 0 Å². The highest BCUT2D eigenvalue weighted by Crippen LogP contribution is 2.51. The van der Waals surface area contributed by atoms with Crippen molar-refractivity contribution in [1.29, 1.82) is 0 Å². The summed E-state index contributed by atoms with van der Waals surface area (Å²) in [5.74, 6) is 0. The van der Waals surface area contributed by atoms with Crippen molar-refractivity contribution in [2.24, 2.45) is 0 Å². The van der Waals surface area contributed by atoms with E-state index in [2.05, 4.69) is 88.7 Å². The van der Waals surface area contributed by atoms with Crippen molar-refractivity contribution in [2.45, 2.75) is 77.0 Å². The van der Waals surface area contributed by atoms with Gasteiger partial charge in [0.25, 0.3) is 6.71 Å². The maximum Gasteiger partial charge on any atom is 0.252 e. The maximum atomic E-state index is 2.74. The Morgan fingerprint density at radius 3 is 1.20 bits per heavy atom. The number of rotatable bonds is 2. The summed E-state index contributed by atoms with van der Waals surface area (Å²) in [5, 5.41) is 0. The lowest BCUT2D eigenvalue weighted by Crippen LogP contribution is -2.61. The fourth-order valence-corrected chi connectivity index (χ4v) is 10.4. The van der Waals surface area contributed by atoms with Crippen LogP contribution in [0.4, 0.5) is 34.1 Å². The summed E-state index contributed by atoms with van der Waals surface area (Å²) in [6.07, 6.45) is 14.8. The van der Waals surface area contributed by atoms with Crippen LogP contribution in [0, 0.1) is 0 Å². The molecule has 2 aliphatic heterocycles. The predicted octanol–water partition coefficient (Wildman–Crippen LogP) is 7.72. The molecule has 4 aliphatic carbocycles. The molecular weight excluding hydrogens is 543 g/mol. The molecule has 0 aromatic heterocycles. The van der Waals surface area contributed by atoms with Gasteiger partial charge in [-0.1, -0.05) is 54.6 Å². The number of hydrogen-bond acceptors (Lipinski definition) is 2. The van der Waals surface area contributed by atoms with Crippen LogP contribution in [0.2, 0.25) is 0 Å². The third-order valence-corrected chi connectivity index (χ3v) is 12.1. The van der Waals surface area contributed by atoms with E-state index in [1.165, 1.54) is 128 Å². The molecule has 11 rings (SSSR count). The predicted molar refractivity (Wildman–Crippen MR) is 189 cm³/mol. The topological polar surface area (TPSA) is 6.48 Å². The lowest BCUT2D eigenvalue weighted by Gasteiger charge is -2.45. The van der Waals surface area contributed by atoms with Gasteiger partial charge in [-0.15, -0.1) is 0 Å². The second kappa shape index (κ2) is 9.16. The Morgan fingerprint density at radius 2 is 0.778 bits per heavy atom. The molecule has 0 spiro atoms. The number of para-hydroxylation sites is 2. The van der Waals surface area contributed by atoms with E-state index >= 15 is 0 Å². The standard InChI is InChI=1S/C42H37BN2/c1-3-20-36-34(18-1)43-35-19-2-4-21-37(35)45(42-32-16-7-12-28(32)25-29-13-8-17-33(29)42)39-23-9-22-38(40(39)43)44(36)41-30-14-5-10-26(30)24-27-11-6-15-31(27)41/h1-4,9,18-25H,5-8,10-17H2. The third-order valence-electron chi connectivity index (χ3n) is 12.1. The molecular formula is C42H37BN2. The zero-order chi connectivity index (χ0) is 29.2. The fourth-order valence-electron chi connectivity index (χ4n) is 10.4. The van der Waals surface area contributed by atoms with Gasteiger partial charge in [0, 0.05) is 22.7 Å². The molecule has 0 N–H and O–H groups in total. The van der Waals surface area contributed by atoms with Gasteiger partial charge in [0.15, 0.2) is 0 Å². The third kappa shape index (κ3) is 3.27. The molecule has 0 fully saturated rings. The molecule has 45 heavy (non-hydrogen) atoms. The molecule has 0 amide bonds. The van der Waals surface area contributed by atoms with Crippen molar-refractivity contribution in [3.8, 4) is 0 Å². The lowest BCUT2D eigenvalue weighted by atomic mass is 9.33. The van der Waals surface area contributed by atoms with E-state index in [-0.39, 0.29) is 6.71 Å². The zero-order valence-electron chi connectivity index (χ0n) is 26.0. The quantitative estimate of drug-likeness (QED) is 0.193. The number of fused-ring (bicyclic) bond motifs is 8. The van der Waals surface area contributed by atoms with Gasteiger partial charge in [-0.3, -0.25) is 0 Å². The van der Waals surface area contributed by atoms with Crippen LogP contribution >= 0.6 is 0 Å². The minimum Gasteiger partial charge on any atom is -0.311 e. The van der Waals surface area contributed by atoms with E-state index in [0.29, 0.717) is 0 Å². The molecule has 6 aliphatic rings. The van der Waals surface area contributed by atoms with Gasteiger partial charge in [-0.2, -0.15) is 0 Å². The van der Waals surface area contributed by atoms with Crippen molar-refractivity contribution in [1.82, 2.24) is 0 Å². The van der Waals surface area contributed by atoms with Crippen LogP contribution in [0.5, 0.6) is 0 Å². The van der Waals surface area contributed by atoms with Crippen LogP contribution < -0.4 is 26.2 Å². The molecule has 0 saturated heterocycles. The molecule has 5 aromatic rings. The van der Waals surface area contributed by atoms with Gasteiger partial charge in [-0.25, -0.2) is 0 Å². The van der Waals surface area contributed by atoms with Crippen molar-refractivity contribution < 1.29 is 0 Å². The molecule has 218 valence electrons. The van der Waals surface area contributed by atoms with Gasteiger partial charge in [-0.05, 0) is 162 Å². The molecule has 0 unspecified atom stereocenters. The van der Waals surface area contributed by atoms with Gasteiger partial charge in [0.05, 0.1) is 11.4 Å². The average molecular weight is 581 g/mol. The summed E-state index contributed by atoms with van der Waals surface area (Å²) in [4.78, 5) is 5.48. The molecule has 2 heterocycles. The van der Waals surface area contributed by atoms with E-state index in [1.54, 1.807) is 44.5 Å². The van der Waals surface area contributed by atoms with E-state index in [4.69, 9.17) is 0 Å². The Bertz CT molecular complexity index is 1900. The first-order valence-electron chi connectivity index (χ1n) is 17.6. The smallest absolute Gasteiger partial charge is 0.252 e. The lowest BCUT2D eigenvalue weighted by molar-refractivity contribution is 0.896. The first-order valence-corrected chi connectivity index (χ1v) is 17.6. The van der Waals surface area contributed by atoms with Crippen LogP contribution in [0.15, 0.2) is 78.9 Å². The summed E-state index contributed by atoms with van der Waals surface area (Å²) in [6, 6.07) is 31.2. The molecule has 0 saturated carbocycles. The van der Waals surface area contributed by atoms with E-state index in [9.17, 15) is 0 Å². The van der Waals surface area contributed by atoms with Crippen molar-refractivity contribution in [2.75, 3.05) is 9.80 Å². The van der Waals surface area contributed by atoms with E-state index < -0.39 is 0 Å². The molecule has 2 nitrogen and oxygen atoms in total. The molecule has 0 bridgehead atoms. The molecule has 3 heteroatoms. The Hall–Kier alpha value is -4.24. The normalized spacial score (nSPS) is 17.9. The molecule has 0 radical (unpaired) electrons. The highest BCUT2D eigenvalue weighted by Gasteiger charge is 2.45. The number of anilines is 6. The first-order chi connectivity index (χ1) is 22.3. The van der Waals surface area contributed by atoms with Crippen molar-refractivity contribution in [3.05, 3.63) is 123 Å². The molecule has 5 aromatic carbocycles. The van der Waals surface area contributed by atoms with E-state index in [1.807, 2.05) is 0 Å². The maximum absolute atomic E-state index is 2.74. The fraction of sp³-hybridized carbons (Fsp3) is 0.286. The number of benzene rings is 5. The van der Waals surface area contributed by atoms with Crippen LogP contribution in [-0.4, -0.2) is 6.71 Å². The number of hydrogen-bond donors (Lipinski definition) is 0. The summed E-state index contributed by atoms with van der Waals surface area (Å²) in [6.45, 7) is 0.228. The summed E-state index contributed by atoms with van der Waals surface area (Å²) in [7, 11) is 0. The SMILES string of the molecule is c1ccc2c(c1)B1c3ccccc3N(c3c4c(cc5c3CCC5)CCC4)c3cccc(c31)N2c1c2c(cc3c1CCC3)CCC2. The molecule has 0 atom stereocenters. The number of nitrogens with zero attached hydrogens (tertiary/aromatic N) is 2. The van der Waals surface area contributed by atoms with Gasteiger partial charge < -0.3 is 9.80 Å². The minimum absolute atomic E-state index is 0.228. The van der Waals surface area contributed by atoms with Crippen LogP contribution in [0.3, 0.4) is 0 Å². The first kappa shape index (κ1) is 25.0. The largest absolute Gasteiger partial charge is 0.311 e. The van der Waals surface area contributed by atoms with Gasteiger partial charge in [0.2, 0.25) is 0 Å². The Kier molecular flexibility index (Phi) is 5.09. The van der Waals surface area contributed by atoms with E-state index in [0.717, 1.165) is 0 Å². The Morgan fingerprint density at radius 1 is 0.400 bits per heavy atom. The average Bonchev–Trinajstić information content (AvgIpc) is 3.90. The van der Waals surface area contributed by atoms with Crippen molar-refractivity contribution >= 4 is 57.2 Å². The summed E-state index contributed by atoms with van der Waals surface area (Å²) >= 11 is 0. The second-order valence-corrected chi connectivity index (χ2v) is 14.3. The summed E-state index contributed by atoms with van der Waals surface area (Å²) < 4.78 is 0. The van der Waals surface area contributed by atoms with Crippen LogP contribution in [0.1, 0.15) is 70.2 Å². The highest BCUT2D eigenvalue weighted by atomic mass is 15.2. The Labute approximate surface area is 266 Å². The monoisotopic (exact) mass is 580 g/mol. The minimum atomic E-state index is 0.228. The van der Waals surface area contributed by atoms with Crippen LogP contribution in [0.25, 0.3) is 0 Å². The summed E-state index contributed by atoms with van der Waals surface area (Å²) in [5.41, 5.74) is 25.9. The Balaban J connectivity index is 1.24. The zero-order valence-corrected chi connectivity index (χ0v) is 26.0. The number of aryl methyl sites for hydroxylation is 4. The highest BCUT2D eigenvalue weighted by molar-refractivity contribution is 7.00. The second-order valence-electron chi connectivity index (χ2n) is 14.3. The van der Waals surface area contributed by atoms with Gasteiger partial charge in [0.1, 0.15) is 0 Å². The van der Waals surface area contributed by atoms with Crippen molar-refractivity contribution in [3.63, 3.8) is 0 Å². The van der Waals surface area contributed by atoms with Crippen LogP contribution in [-0.2, 0) is 51.4 Å².